The van der Waals surface area contributed by atoms with Crippen molar-refractivity contribution in [2.45, 2.75) is 77.0 Å². The van der Waals surface area contributed by atoms with Crippen LogP contribution in [0, 0.1) is 5.41 Å². The third-order valence-electron chi connectivity index (χ3n) is 5.58. The number of furan rings is 1. The normalized spacial score (nSPS) is 28.7. The molecule has 1 heterocycles. The standard InChI is InChI=1S/C18H29NO2/c1-3-20-17-13-16(18(17)10-4-5-11-18)19-14(2)8-9-15-7-6-12-21-15/h6-7,12,14,16-17,19H,3-5,8-11,13H2,1-2H3. The lowest BCUT2D eigenvalue weighted by Gasteiger charge is -2.55. The van der Waals surface area contributed by atoms with E-state index < -0.39 is 0 Å². The van der Waals surface area contributed by atoms with Gasteiger partial charge in [0.1, 0.15) is 5.76 Å². The summed E-state index contributed by atoms with van der Waals surface area (Å²) >= 11 is 0. The van der Waals surface area contributed by atoms with Gasteiger partial charge < -0.3 is 14.5 Å². The first-order chi connectivity index (χ1) is 10.2. The van der Waals surface area contributed by atoms with Crippen LogP contribution < -0.4 is 5.32 Å². The first kappa shape index (κ1) is 15.1. The highest BCUT2D eigenvalue weighted by Gasteiger charge is 2.56. The lowest BCUT2D eigenvalue weighted by Crippen LogP contribution is -2.64. The van der Waals surface area contributed by atoms with Crippen LogP contribution >= 0.6 is 0 Å². The van der Waals surface area contributed by atoms with Crippen molar-refractivity contribution < 1.29 is 9.15 Å². The highest BCUT2D eigenvalue weighted by molar-refractivity contribution is 5.10. The van der Waals surface area contributed by atoms with Crippen LogP contribution in [-0.2, 0) is 11.2 Å². The van der Waals surface area contributed by atoms with Crippen molar-refractivity contribution in [3.8, 4) is 0 Å². The molecule has 21 heavy (non-hydrogen) atoms. The van der Waals surface area contributed by atoms with Gasteiger partial charge in [-0.25, -0.2) is 0 Å². The van der Waals surface area contributed by atoms with Crippen LogP contribution in [0.15, 0.2) is 22.8 Å². The average molecular weight is 291 g/mol. The third kappa shape index (κ3) is 3.04. The van der Waals surface area contributed by atoms with Crippen molar-refractivity contribution in [1.82, 2.24) is 5.32 Å². The Hall–Kier alpha value is -0.800. The Morgan fingerprint density at radius 3 is 2.90 bits per heavy atom. The van der Waals surface area contributed by atoms with Gasteiger partial charge in [-0.15, -0.1) is 0 Å². The van der Waals surface area contributed by atoms with E-state index in [9.17, 15) is 0 Å². The highest BCUT2D eigenvalue weighted by atomic mass is 16.5. The number of rotatable bonds is 7. The fourth-order valence-electron chi connectivity index (χ4n) is 4.36. The summed E-state index contributed by atoms with van der Waals surface area (Å²) in [5, 5.41) is 3.88. The minimum atomic E-state index is 0.439. The molecular weight excluding hydrogens is 262 g/mol. The number of aryl methyl sites for hydroxylation is 1. The van der Waals surface area contributed by atoms with Gasteiger partial charge in [-0.2, -0.15) is 0 Å². The van der Waals surface area contributed by atoms with Gasteiger partial charge in [0.2, 0.25) is 0 Å². The molecular formula is C18H29NO2. The van der Waals surface area contributed by atoms with Crippen molar-refractivity contribution >= 4 is 0 Å². The number of nitrogens with one attached hydrogen (secondary N) is 1. The molecule has 1 aromatic heterocycles. The highest BCUT2D eigenvalue weighted by Crippen LogP contribution is 2.54. The van der Waals surface area contributed by atoms with Crippen LogP contribution in [0.25, 0.3) is 0 Å². The van der Waals surface area contributed by atoms with E-state index in [1.807, 2.05) is 6.07 Å². The minimum absolute atomic E-state index is 0.439. The molecule has 3 heteroatoms. The largest absolute Gasteiger partial charge is 0.469 e. The van der Waals surface area contributed by atoms with Crippen LogP contribution in [0.4, 0.5) is 0 Å². The van der Waals surface area contributed by atoms with Crippen LogP contribution in [0.2, 0.25) is 0 Å². The zero-order valence-electron chi connectivity index (χ0n) is 13.4. The lowest BCUT2D eigenvalue weighted by molar-refractivity contribution is -0.132. The number of hydrogen-bond acceptors (Lipinski definition) is 3. The molecule has 2 fully saturated rings. The second-order valence-electron chi connectivity index (χ2n) is 6.86. The summed E-state index contributed by atoms with van der Waals surface area (Å²) in [5.41, 5.74) is 0.439. The zero-order valence-corrected chi connectivity index (χ0v) is 13.4. The molecule has 0 bridgehead atoms. The second-order valence-corrected chi connectivity index (χ2v) is 6.86. The maximum absolute atomic E-state index is 5.99. The number of ether oxygens (including phenoxy) is 1. The molecule has 3 nitrogen and oxygen atoms in total. The average Bonchev–Trinajstić information content (AvgIpc) is 3.16. The fourth-order valence-corrected chi connectivity index (χ4v) is 4.36. The summed E-state index contributed by atoms with van der Waals surface area (Å²) in [4.78, 5) is 0. The van der Waals surface area contributed by atoms with Gasteiger partial charge in [0.05, 0.1) is 12.4 Å². The molecule has 1 spiro atoms. The Balaban J connectivity index is 1.50. The van der Waals surface area contributed by atoms with Crippen molar-refractivity contribution in [3.05, 3.63) is 24.2 Å². The van der Waals surface area contributed by atoms with E-state index >= 15 is 0 Å². The maximum Gasteiger partial charge on any atom is 0.103 e. The van der Waals surface area contributed by atoms with E-state index in [4.69, 9.17) is 9.15 Å². The monoisotopic (exact) mass is 291 g/mol. The zero-order chi connectivity index (χ0) is 14.7. The van der Waals surface area contributed by atoms with E-state index in [0.717, 1.165) is 25.2 Å². The summed E-state index contributed by atoms with van der Waals surface area (Å²) in [6, 6.07) is 5.24. The molecule has 1 N–H and O–H groups in total. The third-order valence-corrected chi connectivity index (χ3v) is 5.58. The number of hydrogen-bond donors (Lipinski definition) is 1. The summed E-state index contributed by atoms with van der Waals surface area (Å²) in [6.07, 6.45) is 11.1. The predicted octanol–water partition coefficient (Wildman–Crippen LogP) is 3.93. The van der Waals surface area contributed by atoms with Crippen molar-refractivity contribution in [3.63, 3.8) is 0 Å². The van der Waals surface area contributed by atoms with Gasteiger partial charge in [-0.1, -0.05) is 12.8 Å². The summed E-state index contributed by atoms with van der Waals surface area (Å²) in [7, 11) is 0. The van der Waals surface area contributed by atoms with Gasteiger partial charge >= 0.3 is 0 Å². The van der Waals surface area contributed by atoms with Crippen molar-refractivity contribution in [1.29, 1.82) is 0 Å². The predicted molar refractivity (Wildman–Crippen MR) is 84.3 cm³/mol. The Labute approximate surface area is 128 Å². The van der Waals surface area contributed by atoms with E-state index in [0.29, 0.717) is 23.6 Å². The minimum Gasteiger partial charge on any atom is -0.469 e. The lowest BCUT2D eigenvalue weighted by atomic mass is 9.60. The van der Waals surface area contributed by atoms with Crippen LogP contribution in [0.3, 0.4) is 0 Å². The van der Waals surface area contributed by atoms with E-state index in [2.05, 4.69) is 25.2 Å². The molecule has 3 atom stereocenters. The molecule has 2 aliphatic carbocycles. The smallest absolute Gasteiger partial charge is 0.103 e. The Bertz CT molecular complexity index is 422. The molecule has 0 aliphatic heterocycles. The van der Waals surface area contributed by atoms with Gasteiger partial charge in [0.25, 0.3) is 0 Å². The molecule has 0 radical (unpaired) electrons. The van der Waals surface area contributed by atoms with Crippen LogP contribution in [0.1, 0.15) is 58.1 Å². The Kier molecular flexibility index (Phi) is 4.70. The van der Waals surface area contributed by atoms with Gasteiger partial charge in [0.15, 0.2) is 0 Å². The Morgan fingerprint density at radius 2 is 2.24 bits per heavy atom. The molecule has 118 valence electrons. The molecule has 0 aromatic carbocycles. The van der Waals surface area contributed by atoms with Crippen molar-refractivity contribution in [2.24, 2.45) is 5.41 Å². The summed E-state index contributed by atoms with van der Waals surface area (Å²) in [5.74, 6) is 1.10. The molecule has 2 aliphatic rings. The first-order valence-electron chi connectivity index (χ1n) is 8.64. The van der Waals surface area contributed by atoms with Gasteiger partial charge in [0, 0.05) is 30.5 Å². The molecule has 3 unspecified atom stereocenters. The van der Waals surface area contributed by atoms with E-state index in [-0.39, 0.29) is 0 Å². The van der Waals surface area contributed by atoms with Crippen LogP contribution in [-0.4, -0.2) is 24.8 Å². The molecule has 1 aromatic rings. The van der Waals surface area contributed by atoms with Crippen LogP contribution in [0.5, 0.6) is 0 Å². The first-order valence-corrected chi connectivity index (χ1v) is 8.64. The SMILES string of the molecule is CCOC1CC(NC(C)CCc2ccco2)C12CCCC2. The summed E-state index contributed by atoms with van der Waals surface area (Å²) < 4.78 is 11.4. The quantitative estimate of drug-likeness (QED) is 0.826. The van der Waals surface area contributed by atoms with Gasteiger partial charge in [-0.3, -0.25) is 0 Å². The fraction of sp³-hybridized carbons (Fsp3) is 0.778. The molecule has 3 rings (SSSR count). The van der Waals surface area contributed by atoms with Gasteiger partial charge in [-0.05, 0) is 51.7 Å². The molecule has 0 amide bonds. The van der Waals surface area contributed by atoms with Crippen molar-refractivity contribution in [2.75, 3.05) is 6.61 Å². The van der Waals surface area contributed by atoms with E-state index in [1.54, 1.807) is 6.26 Å². The maximum atomic E-state index is 5.99. The Morgan fingerprint density at radius 1 is 1.43 bits per heavy atom. The molecule has 0 saturated heterocycles. The topological polar surface area (TPSA) is 34.4 Å². The second kappa shape index (κ2) is 6.53. The summed E-state index contributed by atoms with van der Waals surface area (Å²) in [6.45, 7) is 5.28. The van der Waals surface area contributed by atoms with E-state index in [1.165, 1.54) is 32.1 Å². The molecule has 2 saturated carbocycles.